The summed E-state index contributed by atoms with van der Waals surface area (Å²) in [6.07, 6.45) is 1.17. The maximum Gasteiger partial charge on any atom is 0.268 e. The lowest BCUT2D eigenvalue weighted by Crippen LogP contribution is -2.43. The van der Waals surface area contributed by atoms with Crippen LogP contribution >= 0.6 is 23.2 Å². The third kappa shape index (κ3) is 9.20. The van der Waals surface area contributed by atoms with Crippen molar-refractivity contribution in [2.24, 2.45) is 7.05 Å². The molecule has 0 aliphatic carbocycles. The highest BCUT2D eigenvalue weighted by Crippen LogP contribution is 2.47. The van der Waals surface area contributed by atoms with Crippen molar-refractivity contribution in [1.82, 2.24) is 15.2 Å². The predicted octanol–water partition coefficient (Wildman–Crippen LogP) is 4.96. The van der Waals surface area contributed by atoms with E-state index in [9.17, 15) is 43.8 Å². The molecule has 0 bridgehead atoms. The lowest BCUT2D eigenvalue weighted by atomic mass is 9.95. The number of halogens is 2. The molecule has 63 heavy (non-hydrogen) atoms. The van der Waals surface area contributed by atoms with E-state index in [0.29, 0.717) is 44.3 Å². The highest BCUT2D eigenvalue weighted by Gasteiger charge is 2.36. The first kappa shape index (κ1) is 44.2. The second-order valence-electron chi connectivity index (χ2n) is 15.5. The zero-order valence-corrected chi connectivity index (χ0v) is 35.9. The number of carbonyl (C=O) groups is 7. The molecule has 1 aromatic heterocycles. The maximum absolute atomic E-state index is 13.5. The van der Waals surface area contributed by atoms with Crippen molar-refractivity contribution in [2.75, 3.05) is 63.7 Å². The fraction of sp³-hybridized carbons (Fsp3) is 0.295. The molecule has 19 heteroatoms. The lowest BCUT2D eigenvalue weighted by Gasteiger charge is -2.19. The molecule has 2 unspecified atom stereocenters. The number of phenolic OH excluding ortho intramolecular Hbond substituents is 2. The molecule has 7 amide bonds. The molecular formula is C44H44Cl2N8O9. The number of hydrogen-bond donors (Lipinski definition) is 7. The van der Waals surface area contributed by atoms with E-state index in [-0.39, 0.29) is 90.1 Å². The van der Waals surface area contributed by atoms with Gasteiger partial charge in [-0.3, -0.25) is 33.6 Å². The van der Waals surface area contributed by atoms with Gasteiger partial charge in [0.2, 0.25) is 35.4 Å². The van der Waals surface area contributed by atoms with Gasteiger partial charge in [0, 0.05) is 111 Å². The largest absolute Gasteiger partial charge is 0.507 e. The Labute approximate surface area is 370 Å². The molecule has 7 N–H and O–H groups in total. The molecule has 0 saturated heterocycles. The minimum Gasteiger partial charge on any atom is -0.507 e. The second kappa shape index (κ2) is 18.2. The number of aromatic nitrogens is 1. The monoisotopic (exact) mass is 898 g/mol. The number of carbonyl (C=O) groups excluding carboxylic acids is 7. The van der Waals surface area contributed by atoms with Gasteiger partial charge in [0.1, 0.15) is 17.2 Å². The van der Waals surface area contributed by atoms with Crippen LogP contribution in [0.5, 0.6) is 11.5 Å². The van der Waals surface area contributed by atoms with E-state index in [4.69, 9.17) is 23.2 Å². The minimum atomic E-state index is -0.637. The fourth-order valence-corrected chi connectivity index (χ4v) is 8.76. The molecule has 4 aromatic carbocycles. The molecule has 2 aliphatic rings. The van der Waals surface area contributed by atoms with Crippen LogP contribution in [0.2, 0.25) is 0 Å². The van der Waals surface area contributed by atoms with Crippen LogP contribution in [-0.2, 0) is 35.8 Å². The van der Waals surface area contributed by atoms with E-state index >= 15 is 0 Å². The number of phenols is 2. The van der Waals surface area contributed by atoms with Crippen LogP contribution < -0.4 is 36.4 Å². The van der Waals surface area contributed by atoms with Crippen LogP contribution in [0.15, 0.2) is 60.8 Å². The molecule has 0 radical (unpaired) electrons. The molecule has 5 aromatic rings. The van der Waals surface area contributed by atoms with E-state index in [2.05, 4.69) is 26.6 Å². The van der Waals surface area contributed by atoms with Gasteiger partial charge < -0.3 is 51.2 Å². The second-order valence-corrected chi connectivity index (χ2v) is 16.1. The smallest absolute Gasteiger partial charge is 0.268 e. The average Bonchev–Trinajstić information content (AvgIpc) is 3.93. The van der Waals surface area contributed by atoms with Gasteiger partial charge in [-0.2, -0.15) is 0 Å². The highest BCUT2D eigenvalue weighted by atomic mass is 35.5. The SMILES string of the molecule is CC(=O)Nc1ccc2c3c(cc(O)c2c1)N(C(=O)CCC(=O)Nc1cc(C(=O)NCC(=O)NCC(=O)N2CC(CCl)c4c2cc(O)c2cc(NC(C)=O)ccc42)n(C)c1)CC3CCl. The van der Waals surface area contributed by atoms with Gasteiger partial charge in [-0.1, -0.05) is 12.1 Å². The van der Waals surface area contributed by atoms with Crippen molar-refractivity contribution in [1.29, 1.82) is 0 Å². The number of amides is 7. The van der Waals surface area contributed by atoms with Crippen LogP contribution in [0.3, 0.4) is 0 Å². The number of anilines is 5. The minimum absolute atomic E-state index is 0.0786. The van der Waals surface area contributed by atoms with E-state index in [1.807, 2.05) is 0 Å². The molecule has 0 spiro atoms. The molecule has 17 nitrogen and oxygen atoms in total. The standard InChI is InChI=1S/C44H44Cl2N8O9/c1-22(55)49-26-4-6-29-31(10-26)36(57)13-33-42(29)24(15-45)19-53(33)40(61)9-8-38(59)51-28-12-35(52(3)21-28)44(63)48-17-39(60)47-18-41(62)54-20-25(16-46)43-30-7-5-27(50-23(2)56)11-32(30)37(58)14-34(43)54/h4-7,10-14,21,24-25,57-58H,8-9,15-20H2,1-3H3,(H,47,60)(H,48,63)(H,49,55)(H,50,56)(H,51,59). The van der Waals surface area contributed by atoms with Gasteiger partial charge in [0.15, 0.2) is 0 Å². The van der Waals surface area contributed by atoms with Gasteiger partial charge in [-0.15, -0.1) is 23.2 Å². The third-order valence-electron chi connectivity index (χ3n) is 11.0. The Balaban J connectivity index is 0.907. The molecule has 3 heterocycles. The Morgan fingerprint density at radius 2 is 1.14 bits per heavy atom. The quantitative estimate of drug-likeness (QED) is 0.0791. The van der Waals surface area contributed by atoms with Crippen molar-refractivity contribution >= 4 is 115 Å². The van der Waals surface area contributed by atoms with Crippen molar-refractivity contribution < 1.29 is 43.8 Å². The maximum atomic E-state index is 13.5. The molecular weight excluding hydrogens is 855 g/mol. The summed E-state index contributed by atoms with van der Waals surface area (Å²) in [7, 11) is 1.58. The van der Waals surface area contributed by atoms with E-state index < -0.39 is 36.7 Å². The summed E-state index contributed by atoms with van der Waals surface area (Å²) in [4.78, 5) is 91.8. The highest BCUT2D eigenvalue weighted by molar-refractivity contribution is 6.20. The number of rotatable bonds is 13. The summed E-state index contributed by atoms with van der Waals surface area (Å²) in [5.74, 6) is -3.36. The first-order valence-electron chi connectivity index (χ1n) is 19.9. The fourth-order valence-electron chi connectivity index (χ4n) is 8.26. The van der Waals surface area contributed by atoms with Gasteiger partial charge >= 0.3 is 0 Å². The summed E-state index contributed by atoms with van der Waals surface area (Å²) in [5.41, 5.74) is 3.92. The van der Waals surface area contributed by atoms with Crippen molar-refractivity contribution in [3.63, 3.8) is 0 Å². The van der Waals surface area contributed by atoms with Crippen LogP contribution in [-0.4, -0.2) is 94.1 Å². The van der Waals surface area contributed by atoms with Gasteiger partial charge in [0.05, 0.1) is 30.2 Å². The normalized spacial score (nSPS) is 15.2. The molecule has 0 fully saturated rings. The lowest BCUT2D eigenvalue weighted by molar-refractivity contribution is -0.124. The van der Waals surface area contributed by atoms with E-state index in [1.165, 1.54) is 52.6 Å². The van der Waals surface area contributed by atoms with Crippen molar-refractivity contribution in [3.05, 3.63) is 77.6 Å². The molecule has 2 atom stereocenters. The molecule has 2 aliphatic heterocycles. The topological polar surface area (TPSA) is 232 Å². The zero-order chi connectivity index (χ0) is 45.3. The summed E-state index contributed by atoms with van der Waals surface area (Å²) < 4.78 is 1.46. The van der Waals surface area contributed by atoms with Crippen molar-refractivity contribution in [2.45, 2.75) is 38.5 Å². The predicted molar refractivity (Wildman–Crippen MR) is 240 cm³/mol. The summed E-state index contributed by atoms with van der Waals surface area (Å²) in [6.45, 7) is 2.38. The Hall–Kier alpha value is -6.85. The van der Waals surface area contributed by atoms with Gasteiger partial charge in [-0.05, 0) is 52.2 Å². The number of aryl methyl sites for hydroxylation is 1. The Morgan fingerprint density at radius 1 is 0.619 bits per heavy atom. The number of nitrogens with zero attached hydrogens (tertiary/aromatic N) is 3. The number of alkyl halides is 2. The number of benzene rings is 4. The van der Waals surface area contributed by atoms with Crippen LogP contribution in [0.4, 0.5) is 28.4 Å². The number of hydrogen-bond acceptors (Lipinski definition) is 9. The Bertz CT molecular complexity index is 2740. The van der Waals surface area contributed by atoms with Crippen LogP contribution in [0.25, 0.3) is 21.5 Å². The van der Waals surface area contributed by atoms with Gasteiger partial charge in [0.25, 0.3) is 5.91 Å². The zero-order valence-electron chi connectivity index (χ0n) is 34.4. The first-order valence-corrected chi connectivity index (χ1v) is 21.0. The van der Waals surface area contributed by atoms with E-state index in [0.717, 1.165) is 11.1 Å². The average molecular weight is 900 g/mol. The summed E-state index contributed by atoms with van der Waals surface area (Å²) >= 11 is 12.6. The number of fused-ring (bicyclic) bond motifs is 6. The van der Waals surface area contributed by atoms with E-state index in [1.54, 1.807) is 43.4 Å². The van der Waals surface area contributed by atoms with Gasteiger partial charge in [-0.25, -0.2) is 0 Å². The summed E-state index contributed by atoms with van der Waals surface area (Å²) in [5, 5.41) is 37.2. The van der Waals surface area contributed by atoms with Crippen LogP contribution in [0, 0.1) is 0 Å². The molecule has 7 rings (SSSR count). The number of nitrogens with one attached hydrogen (secondary N) is 5. The first-order chi connectivity index (χ1) is 30.1. The molecule has 328 valence electrons. The number of aromatic hydroxyl groups is 2. The third-order valence-corrected chi connectivity index (χ3v) is 11.8. The van der Waals surface area contributed by atoms with Crippen LogP contribution in [0.1, 0.15) is 60.1 Å². The Kier molecular flexibility index (Phi) is 12.8. The molecule has 0 saturated carbocycles. The van der Waals surface area contributed by atoms with Crippen molar-refractivity contribution in [3.8, 4) is 11.5 Å². The Morgan fingerprint density at radius 3 is 1.65 bits per heavy atom. The summed E-state index contributed by atoms with van der Waals surface area (Å²) in [6, 6.07) is 14.6.